The van der Waals surface area contributed by atoms with E-state index in [9.17, 15) is 9.59 Å². The van der Waals surface area contributed by atoms with Crippen molar-refractivity contribution < 1.29 is 19.4 Å². The van der Waals surface area contributed by atoms with Gasteiger partial charge in [-0.05, 0) is 42.1 Å². The summed E-state index contributed by atoms with van der Waals surface area (Å²) in [5.74, 6) is -1.08. The van der Waals surface area contributed by atoms with Gasteiger partial charge in [0.15, 0.2) is 5.11 Å². The molecule has 0 aliphatic heterocycles. The van der Waals surface area contributed by atoms with Gasteiger partial charge in [-0.25, -0.2) is 4.79 Å². The van der Waals surface area contributed by atoms with Crippen LogP contribution in [-0.2, 0) is 4.79 Å². The maximum Gasteiger partial charge on any atom is 0.335 e. The van der Waals surface area contributed by atoms with Crippen LogP contribution >= 0.6 is 12.2 Å². The third kappa shape index (κ3) is 5.43. The lowest BCUT2D eigenvalue weighted by Gasteiger charge is -2.12. The highest BCUT2D eigenvalue weighted by molar-refractivity contribution is 7.80. The molecule has 25 heavy (non-hydrogen) atoms. The fraction of sp³-hybridized carbons (Fsp3) is 0.0556. The monoisotopic (exact) mass is 356 g/mol. The highest BCUT2D eigenvalue weighted by Gasteiger charge is 2.11. The van der Waals surface area contributed by atoms with Crippen molar-refractivity contribution >= 4 is 41.0 Å². The molecule has 2 rings (SSSR count). The van der Waals surface area contributed by atoms with Gasteiger partial charge in [-0.2, -0.15) is 0 Å². The van der Waals surface area contributed by atoms with Gasteiger partial charge in [0.1, 0.15) is 5.75 Å². The molecule has 0 saturated heterocycles. The van der Waals surface area contributed by atoms with Crippen molar-refractivity contribution in [1.82, 2.24) is 5.32 Å². The SMILES string of the molecule is COc1ccc(C(=O)O)cc1NC(=S)NC(=O)C=Cc1ccccc1. The summed E-state index contributed by atoms with van der Waals surface area (Å²) in [7, 11) is 1.45. The molecule has 6 nitrogen and oxygen atoms in total. The fourth-order valence-electron chi connectivity index (χ4n) is 1.98. The molecule has 128 valence electrons. The summed E-state index contributed by atoms with van der Waals surface area (Å²) in [6, 6.07) is 13.6. The smallest absolute Gasteiger partial charge is 0.335 e. The van der Waals surface area contributed by atoms with E-state index in [1.807, 2.05) is 30.3 Å². The molecule has 0 unspecified atom stereocenters. The number of thiocarbonyl (C=S) groups is 1. The van der Waals surface area contributed by atoms with Gasteiger partial charge in [0.05, 0.1) is 18.4 Å². The summed E-state index contributed by atoms with van der Waals surface area (Å²) >= 11 is 5.08. The van der Waals surface area contributed by atoms with Crippen molar-refractivity contribution in [1.29, 1.82) is 0 Å². The molecular formula is C18H16N2O4S. The Bertz CT molecular complexity index is 819. The van der Waals surface area contributed by atoms with Gasteiger partial charge in [0.25, 0.3) is 0 Å². The predicted octanol–water partition coefficient (Wildman–Crippen LogP) is 2.92. The highest BCUT2D eigenvalue weighted by atomic mass is 32.1. The van der Waals surface area contributed by atoms with Crippen LogP contribution in [0.3, 0.4) is 0 Å². The van der Waals surface area contributed by atoms with Gasteiger partial charge in [0, 0.05) is 6.08 Å². The second-order valence-corrected chi connectivity index (χ2v) is 5.32. The molecule has 0 radical (unpaired) electrons. The van der Waals surface area contributed by atoms with E-state index in [1.54, 1.807) is 6.08 Å². The summed E-state index contributed by atoms with van der Waals surface area (Å²) < 4.78 is 5.15. The van der Waals surface area contributed by atoms with Crippen LogP contribution in [0.5, 0.6) is 5.75 Å². The number of rotatable bonds is 5. The molecule has 2 aromatic rings. The number of hydrogen-bond acceptors (Lipinski definition) is 4. The second kappa shape index (κ2) is 8.60. The molecule has 0 spiro atoms. The lowest BCUT2D eigenvalue weighted by atomic mass is 10.2. The van der Waals surface area contributed by atoms with E-state index < -0.39 is 11.9 Å². The minimum Gasteiger partial charge on any atom is -0.495 e. The van der Waals surface area contributed by atoms with Gasteiger partial charge in [-0.1, -0.05) is 30.3 Å². The summed E-state index contributed by atoms with van der Waals surface area (Å²) in [5, 5.41) is 14.3. The standard InChI is InChI=1S/C18H16N2O4S/c1-24-15-9-8-13(17(22)23)11-14(15)19-18(25)20-16(21)10-7-12-5-3-2-4-6-12/h2-11H,1H3,(H,22,23)(H2,19,20,21,25). The van der Waals surface area contributed by atoms with Gasteiger partial charge in [-0.15, -0.1) is 0 Å². The Labute approximate surface area is 150 Å². The van der Waals surface area contributed by atoms with Crippen molar-refractivity contribution in [3.8, 4) is 5.75 Å². The quantitative estimate of drug-likeness (QED) is 0.564. The van der Waals surface area contributed by atoms with Crippen LogP contribution in [0.15, 0.2) is 54.6 Å². The molecule has 0 aliphatic carbocycles. The highest BCUT2D eigenvalue weighted by Crippen LogP contribution is 2.25. The molecule has 0 aromatic heterocycles. The second-order valence-electron chi connectivity index (χ2n) is 4.91. The first kappa shape index (κ1) is 18.2. The van der Waals surface area contributed by atoms with Crippen molar-refractivity contribution in [2.24, 2.45) is 0 Å². The van der Waals surface area contributed by atoms with Gasteiger partial charge in [-0.3, -0.25) is 10.1 Å². The van der Waals surface area contributed by atoms with Crippen LogP contribution in [0.1, 0.15) is 15.9 Å². The molecule has 0 saturated carbocycles. The van der Waals surface area contributed by atoms with E-state index in [1.165, 1.54) is 31.4 Å². The van der Waals surface area contributed by atoms with Crippen LogP contribution in [0, 0.1) is 0 Å². The number of ether oxygens (including phenoxy) is 1. The molecule has 0 heterocycles. The molecule has 0 bridgehead atoms. The van der Waals surface area contributed by atoms with E-state index in [4.69, 9.17) is 22.1 Å². The van der Waals surface area contributed by atoms with Gasteiger partial charge >= 0.3 is 5.97 Å². The first-order valence-corrected chi connectivity index (χ1v) is 7.67. The molecule has 7 heteroatoms. The number of aromatic carboxylic acids is 1. The number of methoxy groups -OCH3 is 1. The van der Waals surface area contributed by atoms with E-state index >= 15 is 0 Å². The number of carboxylic acids is 1. The third-order valence-electron chi connectivity index (χ3n) is 3.16. The Morgan fingerprint density at radius 3 is 2.52 bits per heavy atom. The number of anilines is 1. The Hall–Kier alpha value is -3.19. The van der Waals surface area contributed by atoms with Crippen LogP contribution in [0.25, 0.3) is 6.08 Å². The van der Waals surface area contributed by atoms with Crippen LogP contribution in [0.4, 0.5) is 5.69 Å². The maximum atomic E-state index is 11.9. The zero-order chi connectivity index (χ0) is 18.2. The molecular weight excluding hydrogens is 340 g/mol. The summed E-state index contributed by atoms with van der Waals surface area (Å²) in [4.78, 5) is 23.0. The molecule has 2 aromatic carbocycles. The summed E-state index contributed by atoms with van der Waals surface area (Å²) in [6.07, 6.45) is 3.01. The van der Waals surface area contributed by atoms with E-state index in [0.29, 0.717) is 11.4 Å². The van der Waals surface area contributed by atoms with E-state index in [2.05, 4.69) is 10.6 Å². The number of carbonyl (C=O) groups excluding carboxylic acids is 1. The van der Waals surface area contributed by atoms with Crippen molar-refractivity contribution in [3.63, 3.8) is 0 Å². The molecule has 3 N–H and O–H groups in total. The van der Waals surface area contributed by atoms with Gasteiger partial charge in [0.2, 0.25) is 5.91 Å². The van der Waals surface area contributed by atoms with Crippen LogP contribution in [0.2, 0.25) is 0 Å². The molecule has 1 amide bonds. The minimum absolute atomic E-state index is 0.0311. The number of carbonyl (C=O) groups is 2. The van der Waals surface area contributed by atoms with Crippen molar-refractivity contribution in [2.75, 3.05) is 12.4 Å². The molecule has 0 aliphatic rings. The lowest BCUT2D eigenvalue weighted by Crippen LogP contribution is -2.33. The average molecular weight is 356 g/mol. The predicted molar refractivity (Wildman–Crippen MR) is 99.8 cm³/mol. The Balaban J connectivity index is 2.02. The normalized spacial score (nSPS) is 10.3. The number of hydrogen-bond donors (Lipinski definition) is 3. The van der Waals surface area contributed by atoms with Crippen molar-refractivity contribution in [3.05, 3.63) is 65.7 Å². The number of carboxylic acid groups (broad SMARTS) is 1. The maximum absolute atomic E-state index is 11.9. The Morgan fingerprint density at radius 2 is 1.88 bits per heavy atom. The minimum atomic E-state index is -1.08. The number of amides is 1. The molecule has 0 fully saturated rings. The summed E-state index contributed by atoms with van der Waals surface area (Å²) in [5.41, 5.74) is 1.30. The molecule has 0 atom stereocenters. The van der Waals surface area contributed by atoms with Crippen LogP contribution < -0.4 is 15.4 Å². The third-order valence-corrected chi connectivity index (χ3v) is 3.36. The topological polar surface area (TPSA) is 87.7 Å². The van der Waals surface area contributed by atoms with E-state index in [-0.39, 0.29) is 10.7 Å². The van der Waals surface area contributed by atoms with Crippen LogP contribution in [-0.4, -0.2) is 29.2 Å². The Morgan fingerprint density at radius 1 is 1.16 bits per heavy atom. The number of benzene rings is 2. The van der Waals surface area contributed by atoms with Crippen molar-refractivity contribution in [2.45, 2.75) is 0 Å². The number of nitrogens with one attached hydrogen (secondary N) is 2. The first-order valence-electron chi connectivity index (χ1n) is 7.26. The zero-order valence-corrected chi connectivity index (χ0v) is 14.2. The largest absolute Gasteiger partial charge is 0.495 e. The first-order chi connectivity index (χ1) is 12.0. The fourth-order valence-corrected chi connectivity index (χ4v) is 2.19. The Kier molecular flexibility index (Phi) is 6.25. The summed E-state index contributed by atoms with van der Waals surface area (Å²) in [6.45, 7) is 0. The van der Waals surface area contributed by atoms with Gasteiger partial charge < -0.3 is 15.2 Å². The average Bonchev–Trinajstić information content (AvgIpc) is 2.60. The van der Waals surface area contributed by atoms with E-state index in [0.717, 1.165) is 5.56 Å². The lowest BCUT2D eigenvalue weighted by molar-refractivity contribution is -0.115. The zero-order valence-electron chi connectivity index (χ0n) is 13.4.